The maximum Gasteiger partial charge on any atom is 0.217 e. The van der Waals surface area contributed by atoms with Gasteiger partial charge >= 0.3 is 0 Å². The third-order valence-corrected chi connectivity index (χ3v) is 1.85. The van der Waals surface area contributed by atoms with Gasteiger partial charge in [-0.15, -0.1) is 0 Å². The van der Waals surface area contributed by atoms with E-state index in [1.54, 1.807) is 0 Å². The highest BCUT2D eigenvalue weighted by molar-refractivity contribution is 5.73. The van der Waals surface area contributed by atoms with E-state index in [4.69, 9.17) is 5.73 Å². The smallest absolute Gasteiger partial charge is 0.217 e. The van der Waals surface area contributed by atoms with Crippen LogP contribution >= 0.6 is 0 Å². The largest absolute Gasteiger partial charge is 0.345 e. The summed E-state index contributed by atoms with van der Waals surface area (Å²) >= 11 is 0. The lowest BCUT2D eigenvalue weighted by Crippen LogP contribution is -2.19. The van der Waals surface area contributed by atoms with E-state index in [-0.39, 0.29) is 5.91 Å². The predicted molar refractivity (Wildman–Crippen MR) is 59.9 cm³/mol. The molecule has 3 heteroatoms. The third-order valence-electron chi connectivity index (χ3n) is 1.85. The third kappa shape index (κ3) is 4.30. The Hall–Kier alpha value is -1.79. The SMILES string of the molecule is CC(=O)NCC#Cc1ccc(CN)cc1. The van der Waals surface area contributed by atoms with Crippen molar-refractivity contribution >= 4 is 5.91 Å². The van der Waals surface area contributed by atoms with Crippen LogP contribution in [0.4, 0.5) is 0 Å². The molecule has 0 heterocycles. The van der Waals surface area contributed by atoms with Gasteiger partial charge < -0.3 is 11.1 Å². The fraction of sp³-hybridized carbons (Fsp3) is 0.250. The molecule has 0 spiro atoms. The van der Waals surface area contributed by atoms with Crippen LogP contribution in [0, 0.1) is 11.8 Å². The average molecular weight is 202 g/mol. The Morgan fingerprint density at radius 1 is 1.40 bits per heavy atom. The first-order valence-corrected chi connectivity index (χ1v) is 4.74. The Bertz CT molecular complexity index is 384. The van der Waals surface area contributed by atoms with Crippen molar-refractivity contribution in [3.8, 4) is 11.8 Å². The van der Waals surface area contributed by atoms with Gasteiger partial charge in [0, 0.05) is 19.0 Å². The highest BCUT2D eigenvalue weighted by Crippen LogP contribution is 2.01. The number of rotatable bonds is 2. The van der Waals surface area contributed by atoms with Crippen LogP contribution in [0.3, 0.4) is 0 Å². The van der Waals surface area contributed by atoms with Gasteiger partial charge in [-0.2, -0.15) is 0 Å². The van der Waals surface area contributed by atoms with E-state index in [1.807, 2.05) is 24.3 Å². The standard InChI is InChI=1S/C12H14N2O/c1-10(15)14-8-2-3-11-4-6-12(9-13)7-5-11/h4-7H,8-9,13H2,1H3,(H,14,15). The summed E-state index contributed by atoms with van der Waals surface area (Å²) in [6.45, 7) is 2.39. The van der Waals surface area contributed by atoms with Gasteiger partial charge in [-0.1, -0.05) is 24.0 Å². The van der Waals surface area contributed by atoms with E-state index in [0.717, 1.165) is 11.1 Å². The lowest BCUT2D eigenvalue weighted by atomic mass is 10.1. The lowest BCUT2D eigenvalue weighted by Gasteiger charge is -1.95. The molecule has 0 fully saturated rings. The summed E-state index contributed by atoms with van der Waals surface area (Å²) in [5.41, 5.74) is 7.49. The molecule has 0 saturated carbocycles. The molecular formula is C12H14N2O. The monoisotopic (exact) mass is 202 g/mol. The van der Waals surface area contributed by atoms with Crippen LogP contribution in [0.5, 0.6) is 0 Å². The van der Waals surface area contributed by atoms with Crippen molar-refractivity contribution in [1.29, 1.82) is 0 Å². The summed E-state index contributed by atoms with van der Waals surface area (Å²) in [7, 11) is 0. The molecule has 0 aromatic heterocycles. The van der Waals surface area contributed by atoms with E-state index < -0.39 is 0 Å². The summed E-state index contributed by atoms with van der Waals surface area (Å²) in [5.74, 6) is 5.74. The molecule has 0 bridgehead atoms. The minimum absolute atomic E-state index is 0.0669. The first-order valence-electron chi connectivity index (χ1n) is 4.74. The lowest BCUT2D eigenvalue weighted by molar-refractivity contribution is -0.118. The Labute approximate surface area is 89.7 Å². The Morgan fingerprint density at radius 3 is 2.60 bits per heavy atom. The highest BCUT2D eigenvalue weighted by Gasteiger charge is 1.89. The molecule has 78 valence electrons. The second-order valence-corrected chi connectivity index (χ2v) is 3.11. The second kappa shape index (κ2) is 5.84. The maximum atomic E-state index is 10.5. The predicted octanol–water partition coefficient (Wildman–Crippen LogP) is 0.633. The van der Waals surface area contributed by atoms with E-state index in [1.165, 1.54) is 6.92 Å². The molecule has 0 radical (unpaired) electrons. The van der Waals surface area contributed by atoms with Crippen LogP contribution in [0.25, 0.3) is 0 Å². The number of carbonyl (C=O) groups excluding carboxylic acids is 1. The van der Waals surface area contributed by atoms with E-state index in [9.17, 15) is 4.79 Å². The van der Waals surface area contributed by atoms with Crippen molar-refractivity contribution in [2.45, 2.75) is 13.5 Å². The normalized spacial score (nSPS) is 8.93. The topological polar surface area (TPSA) is 55.1 Å². The van der Waals surface area contributed by atoms with Crippen molar-refractivity contribution in [3.05, 3.63) is 35.4 Å². The Balaban J connectivity index is 2.52. The zero-order chi connectivity index (χ0) is 11.1. The molecule has 1 amide bonds. The zero-order valence-corrected chi connectivity index (χ0v) is 8.71. The van der Waals surface area contributed by atoms with Crippen LogP contribution in [0.2, 0.25) is 0 Å². The zero-order valence-electron chi connectivity index (χ0n) is 8.71. The van der Waals surface area contributed by atoms with Crippen LogP contribution < -0.4 is 11.1 Å². The minimum atomic E-state index is -0.0669. The second-order valence-electron chi connectivity index (χ2n) is 3.11. The van der Waals surface area contributed by atoms with Crippen molar-refractivity contribution in [3.63, 3.8) is 0 Å². The van der Waals surface area contributed by atoms with Gasteiger partial charge in [-0.25, -0.2) is 0 Å². The van der Waals surface area contributed by atoms with E-state index in [2.05, 4.69) is 17.2 Å². The molecule has 0 aliphatic rings. The first-order chi connectivity index (χ1) is 7.22. The summed E-state index contributed by atoms with van der Waals surface area (Å²) in [5, 5.41) is 2.61. The number of amides is 1. The van der Waals surface area contributed by atoms with Crippen LogP contribution in [0.1, 0.15) is 18.1 Å². The van der Waals surface area contributed by atoms with E-state index >= 15 is 0 Å². The van der Waals surface area contributed by atoms with E-state index in [0.29, 0.717) is 13.1 Å². The first kappa shape index (κ1) is 11.3. The van der Waals surface area contributed by atoms with Crippen molar-refractivity contribution in [1.82, 2.24) is 5.32 Å². The molecule has 1 rings (SSSR count). The molecule has 1 aromatic rings. The van der Waals surface area contributed by atoms with Crippen LogP contribution in [0.15, 0.2) is 24.3 Å². The number of benzene rings is 1. The van der Waals surface area contributed by atoms with Gasteiger partial charge in [-0.05, 0) is 17.7 Å². The summed E-state index contributed by atoms with van der Waals surface area (Å²) in [6.07, 6.45) is 0. The van der Waals surface area contributed by atoms with Crippen molar-refractivity contribution in [2.75, 3.05) is 6.54 Å². The van der Waals surface area contributed by atoms with Gasteiger partial charge in [0.15, 0.2) is 0 Å². The number of nitrogens with two attached hydrogens (primary N) is 1. The number of hydrogen-bond donors (Lipinski definition) is 2. The number of nitrogens with one attached hydrogen (secondary N) is 1. The number of carbonyl (C=O) groups is 1. The molecule has 0 atom stereocenters. The fourth-order valence-electron chi connectivity index (χ4n) is 1.04. The summed E-state index contributed by atoms with van der Waals surface area (Å²) in [4.78, 5) is 10.5. The van der Waals surface area contributed by atoms with Crippen molar-refractivity contribution in [2.24, 2.45) is 5.73 Å². The van der Waals surface area contributed by atoms with Gasteiger partial charge in [0.25, 0.3) is 0 Å². The molecule has 15 heavy (non-hydrogen) atoms. The average Bonchev–Trinajstić information content (AvgIpc) is 2.25. The summed E-state index contributed by atoms with van der Waals surface area (Å²) < 4.78 is 0. The van der Waals surface area contributed by atoms with Crippen LogP contribution in [-0.2, 0) is 11.3 Å². The minimum Gasteiger partial charge on any atom is -0.345 e. The van der Waals surface area contributed by atoms with Crippen LogP contribution in [-0.4, -0.2) is 12.5 Å². The molecule has 0 saturated heterocycles. The molecule has 0 aliphatic carbocycles. The van der Waals surface area contributed by atoms with Gasteiger partial charge in [-0.3, -0.25) is 4.79 Å². The molecule has 0 aliphatic heterocycles. The molecule has 3 N–H and O–H groups in total. The van der Waals surface area contributed by atoms with Crippen molar-refractivity contribution < 1.29 is 4.79 Å². The molecule has 1 aromatic carbocycles. The van der Waals surface area contributed by atoms with Gasteiger partial charge in [0.05, 0.1) is 6.54 Å². The van der Waals surface area contributed by atoms with Gasteiger partial charge in [0.1, 0.15) is 0 Å². The number of hydrogen-bond acceptors (Lipinski definition) is 2. The Morgan fingerprint density at radius 2 is 2.07 bits per heavy atom. The molecule has 3 nitrogen and oxygen atoms in total. The molecule has 0 unspecified atom stereocenters. The fourth-order valence-corrected chi connectivity index (χ4v) is 1.04. The molecular weight excluding hydrogens is 188 g/mol. The van der Waals surface area contributed by atoms with Gasteiger partial charge in [0.2, 0.25) is 5.91 Å². The highest BCUT2D eigenvalue weighted by atomic mass is 16.1. The quantitative estimate of drug-likeness (QED) is 0.691. The maximum absolute atomic E-state index is 10.5. The Kier molecular flexibility index (Phi) is 4.39. The summed E-state index contributed by atoms with van der Waals surface area (Å²) in [6, 6.07) is 7.73.